The first kappa shape index (κ1) is 30.5. The van der Waals surface area contributed by atoms with Gasteiger partial charge in [0, 0.05) is 57.0 Å². The summed E-state index contributed by atoms with van der Waals surface area (Å²) < 4.78 is 5.63. The number of nitrogens with zero attached hydrogens (tertiary/aromatic N) is 3. The Morgan fingerprint density at radius 3 is 2.51 bits per heavy atom. The van der Waals surface area contributed by atoms with Crippen molar-refractivity contribution in [3.63, 3.8) is 0 Å². The normalized spacial score (nSPS) is 16.2. The van der Waals surface area contributed by atoms with Crippen molar-refractivity contribution in [2.45, 2.75) is 51.4 Å². The molecule has 2 fully saturated rings. The van der Waals surface area contributed by atoms with Gasteiger partial charge in [-0.2, -0.15) is 0 Å². The lowest BCUT2D eigenvalue weighted by Crippen LogP contribution is -2.39. The van der Waals surface area contributed by atoms with Gasteiger partial charge in [0.1, 0.15) is 12.9 Å². The summed E-state index contributed by atoms with van der Waals surface area (Å²) in [6.07, 6.45) is 7.82. The Hall–Kier alpha value is -3.09. The van der Waals surface area contributed by atoms with E-state index in [1.54, 1.807) is 28.0 Å². The van der Waals surface area contributed by atoms with Gasteiger partial charge in [-0.05, 0) is 43.9 Å². The van der Waals surface area contributed by atoms with Crippen LogP contribution in [0.25, 0.3) is 0 Å². The standard InChI is InChI=1S/C29H39ClN4O5/c1-32(27(36)23-8-3-2-4-9-23)17-20-39-19-5-7-22-12-15-33(16-13-22)28(37)24-10-11-25(30)26(21-24)34(29(31)38)14-6-18-35/h10-11,18,21-23H,2-4,6,8-9,12-17,19-20H2,1H3,(H2,31,38). The van der Waals surface area contributed by atoms with E-state index >= 15 is 0 Å². The van der Waals surface area contributed by atoms with Crippen LogP contribution in [0.1, 0.15) is 61.7 Å². The predicted molar refractivity (Wildman–Crippen MR) is 150 cm³/mol. The topological polar surface area (TPSA) is 113 Å². The summed E-state index contributed by atoms with van der Waals surface area (Å²) in [5.41, 5.74) is 6.17. The van der Waals surface area contributed by atoms with E-state index in [2.05, 4.69) is 11.8 Å². The fourth-order valence-corrected chi connectivity index (χ4v) is 5.29. The number of rotatable bonds is 10. The van der Waals surface area contributed by atoms with Gasteiger partial charge < -0.3 is 25.1 Å². The van der Waals surface area contributed by atoms with Crippen LogP contribution < -0.4 is 10.6 Å². The molecule has 4 amide bonds. The van der Waals surface area contributed by atoms with Crippen molar-refractivity contribution in [3.05, 3.63) is 28.8 Å². The fourth-order valence-electron chi connectivity index (χ4n) is 5.08. The van der Waals surface area contributed by atoms with Crippen molar-refractivity contribution in [3.8, 4) is 11.8 Å². The summed E-state index contributed by atoms with van der Waals surface area (Å²) in [4.78, 5) is 53.0. The van der Waals surface area contributed by atoms with E-state index in [1.807, 2.05) is 7.05 Å². The van der Waals surface area contributed by atoms with Gasteiger partial charge in [0.15, 0.2) is 0 Å². The molecule has 3 rings (SSSR count). The summed E-state index contributed by atoms with van der Waals surface area (Å²) in [5.74, 6) is 6.75. The summed E-state index contributed by atoms with van der Waals surface area (Å²) in [6, 6.07) is 3.98. The molecule has 39 heavy (non-hydrogen) atoms. The first-order valence-corrected chi connectivity index (χ1v) is 14.1. The summed E-state index contributed by atoms with van der Waals surface area (Å²) in [7, 11) is 1.84. The number of hydrogen-bond donors (Lipinski definition) is 1. The third-order valence-electron chi connectivity index (χ3n) is 7.38. The molecule has 0 bridgehead atoms. The number of likely N-dealkylation sites (N-methyl/N-ethyl adjacent to an activating group) is 1. The van der Waals surface area contributed by atoms with Gasteiger partial charge in [-0.1, -0.05) is 42.7 Å². The molecule has 9 nitrogen and oxygen atoms in total. The highest BCUT2D eigenvalue weighted by molar-refractivity contribution is 6.34. The molecule has 0 spiro atoms. The van der Waals surface area contributed by atoms with E-state index < -0.39 is 6.03 Å². The number of primary amides is 1. The van der Waals surface area contributed by atoms with Crippen molar-refractivity contribution in [2.24, 2.45) is 17.6 Å². The number of benzene rings is 1. The Labute approximate surface area is 235 Å². The van der Waals surface area contributed by atoms with Crippen LogP contribution in [-0.2, 0) is 14.3 Å². The molecular formula is C29H39ClN4O5. The lowest BCUT2D eigenvalue weighted by molar-refractivity contribution is -0.135. The number of amides is 4. The second-order valence-corrected chi connectivity index (χ2v) is 10.6. The molecule has 1 aliphatic heterocycles. The molecule has 10 heteroatoms. The van der Waals surface area contributed by atoms with Gasteiger partial charge in [-0.15, -0.1) is 0 Å². The Bertz CT molecular complexity index is 1070. The van der Waals surface area contributed by atoms with Crippen molar-refractivity contribution >= 4 is 41.4 Å². The molecule has 0 radical (unpaired) electrons. The van der Waals surface area contributed by atoms with Gasteiger partial charge in [0.05, 0.1) is 17.3 Å². The number of ether oxygens (including phenoxy) is 1. The number of halogens is 1. The minimum absolute atomic E-state index is 0.0826. The largest absolute Gasteiger partial charge is 0.367 e. The van der Waals surface area contributed by atoms with E-state index in [1.165, 1.54) is 11.3 Å². The third-order valence-corrected chi connectivity index (χ3v) is 7.70. The van der Waals surface area contributed by atoms with Crippen molar-refractivity contribution in [2.75, 3.05) is 51.3 Å². The number of nitrogens with two attached hydrogens (primary N) is 1. The number of hydrogen-bond acceptors (Lipinski definition) is 5. The van der Waals surface area contributed by atoms with E-state index in [4.69, 9.17) is 22.1 Å². The van der Waals surface area contributed by atoms with Crippen LogP contribution in [-0.4, -0.2) is 80.4 Å². The number of carbonyl (C=O) groups is 4. The lowest BCUT2D eigenvalue weighted by atomic mass is 9.88. The van der Waals surface area contributed by atoms with Crippen LogP contribution in [0.5, 0.6) is 0 Å². The van der Waals surface area contributed by atoms with Gasteiger partial charge in [-0.25, -0.2) is 4.79 Å². The molecule has 212 valence electrons. The first-order valence-electron chi connectivity index (χ1n) is 13.7. The Balaban J connectivity index is 1.42. The molecule has 2 N–H and O–H groups in total. The van der Waals surface area contributed by atoms with Crippen LogP contribution in [0, 0.1) is 23.7 Å². The molecule has 1 aromatic rings. The minimum Gasteiger partial charge on any atom is -0.367 e. The highest BCUT2D eigenvalue weighted by atomic mass is 35.5. The smallest absolute Gasteiger partial charge is 0.319 e. The number of urea groups is 1. The van der Waals surface area contributed by atoms with Crippen LogP contribution in [0.15, 0.2) is 18.2 Å². The zero-order valence-corrected chi connectivity index (χ0v) is 23.5. The van der Waals surface area contributed by atoms with Gasteiger partial charge in [-0.3, -0.25) is 14.5 Å². The van der Waals surface area contributed by atoms with Crippen molar-refractivity contribution < 1.29 is 23.9 Å². The molecule has 1 saturated carbocycles. The van der Waals surface area contributed by atoms with Crippen LogP contribution in [0.4, 0.5) is 10.5 Å². The molecule has 2 aliphatic rings. The summed E-state index contributed by atoms with van der Waals surface area (Å²) in [6.45, 7) is 2.56. The van der Waals surface area contributed by atoms with E-state index in [0.717, 1.165) is 38.5 Å². The van der Waals surface area contributed by atoms with Gasteiger partial charge in [0.25, 0.3) is 5.91 Å². The average molecular weight is 559 g/mol. The number of carbonyl (C=O) groups excluding carboxylic acids is 4. The average Bonchev–Trinajstić information content (AvgIpc) is 2.95. The second kappa shape index (κ2) is 15.5. The fraction of sp³-hybridized carbons (Fsp3) is 0.586. The maximum absolute atomic E-state index is 13.1. The summed E-state index contributed by atoms with van der Waals surface area (Å²) >= 11 is 6.26. The molecule has 0 atom stereocenters. The van der Waals surface area contributed by atoms with Gasteiger partial charge >= 0.3 is 6.03 Å². The Morgan fingerprint density at radius 1 is 1.13 bits per heavy atom. The number of anilines is 1. The van der Waals surface area contributed by atoms with E-state index in [-0.39, 0.29) is 41.6 Å². The van der Waals surface area contributed by atoms with Crippen molar-refractivity contribution in [1.82, 2.24) is 9.80 Å². The Morgan fingerprint density at radius 2 is 1.85 bits per heavy atom. The number of aldehydes is 1. The van der Waals surface area contributed by atoms with Crippen molar-refractivity contribution in [1.29, 1.82) is 0 Å². The molecule has 0 aromatic heterocycles. The third kappa shape index (κ3) is 8.97. The zero-order valence-electron chi connectivity index (χ0n) is 22.7. The maximum atomic E-state index is 13.1. The van der Waals surface area contributed by atoms with E-state index in [9.17, 15) is 19.2 Å². The highest BCUT2D eigenvalue weighted by Crippen LogP contribution is 2.29. The predicted octanol–water partition coefficient (Wildman–Crippen LogP) is 3.73. The zero-order chi connectivity index (χ0) is 28.2. The maximum Gasteiger partial charge on any atom is 0.319 e. The quantitative estimate of drug-likeness (QED) is 0.267. The molecular weight excluding hydrogens is 520 g/mol. The molecule has 1 saturated heterocycles. The number of piperidine rings is 1. The van der Waals surface area contributed by atoms with Crippen LogP contribution in [0.2, 0.25) is 5.02 Å². The van der Waals surface area contributed by atoms with Gasteiger partial charge in [0.2, 0.25) is 5.91 Å². The molecule has 1 aromatic carbocycles. The first-order chi connectivity index (χ1) is 18.8. The highest BCUT2D eigenvalue weighted by Gasteiger charge is 2.25. The van der Waals surface area contributed by atoms with Crippen LogP contribution >= 0.6 is 11.6 Å². The monoisotopic (exact) mass is 558 g/mol. The Kier molecular flexibility index (Phi) is 12.1. The lowest BCUT2D eigenvalue weighted by Gasteiger charge is -2.30. The summed E-state index contributed by atoms with van der Waals surface area (Å²) in [5, 5.41) is 0.273. The SMILES string of the molecule is CN(CCOCC#CC1CCN(C(=O)c2ccc(Cl)c(N(CCC=O)C(N)=O)c2)CC1)C(=O)C1CCCCC1. The number of likely N-dealkylation sites (tertiary alicyclic amines) is 1. The second-order valence-electron chi connectivity index (χ2n) is 10.1. The molecule has 1 heterocycles. The molecule has 0 unspecified atom stereocenters. The van der Waals surface area contributed by atoms with E-state index in [0.29, 0.717) is 50.4 Å². The van der Waals surface area contributed by atoms with Crippen LogP contribution in [0.3, 0.4) is 0 Å². The molecule has 1 aliphatic carbocycles. The minimum atomic E-state index is -0.744.